The molecule has 0 fully saturated rings. The fourth-order valence-corrected chi connectivity index (χ4v) is 2.35. The quantitative estimate of drug-likeness (QED) is 0.721. The van der Waals surface area contributed by atoms with E-state index in [4.69, 9.17) is 9.47 Å². The number of fused-ring (bicyclic) bond motifs is 1. The fourth-order valence-electron chi connectivity index (χ4n) is 1.62. The van der Waals surface area contributed by atoms with Crippen LogP contribution in [-0.4, -0.2) is 17.1 Å². The number of hydrogen-bond acceptors (Lipinski definition) is 5. The molecule has 0 aliphatic carbocycles. The van der Waals surface area contributed by atoms with Crippen LogP contribution in [0.15, 0.2) is 42.0 Å². The molecule has 3 rings (SSSR count). The van der Waals surface area contributed by atoms with Gasteiger partial charge in [-0.1, -0.05) is 6.07 Å². The van der Waals surface area contributed by atoms with Crippen LogP contribution in [0, 0.1) is 0 Å². The molecule has 0 aliphatic rings. The molecule has 4 nitrogen and oxygen atoms in total. The normalized spacial score (nSPS) is 10.5. The average Bonchev–Trinajstić information content (AvgIpc) is 2.88. The Bertz CT molecular complexity index is 681. The predicted molar refractivity (Wildman–Crippen MR) is 70.5 cm³/mol. The predicted octanol–water partition coefficient (Wildman–Crippen LogP) is 3.49. The number of ether oxygens (including phenoxy) is 2. The summed E-state index contributed by atoms with van der Waals surface area (Å²) in [6, 6.07) is 9.38. The van der Waals surface area contributed by atoms with Crippen molar-refractivity contribution in [1.82, 2.24) is 9.97 Å². The number of thiophene rings is 1. The van der Waals surface area contributed by atoms with Gasteiger partial charge in [-0.25, -0.2) is 9.97 Å². The zero-order valence-corrected chi connectivity index (χ0v) is 10.5. The topological polar surface area (TPSA) is 44.2 Å². The van der Waals surface area contributed by atoms with E-state index in [-0.39, 0.29) is 0 Å². The molecule has 0 spiro atoms. The third-order valence-corrected chi connectivity index (χ3v) is 3.30. The van der Waals surface area contributed by atoms with E-state index >= 15 is 0 Å². The maximum Gasteiger partial charge on any atom is 0.231 e. The molecule has 2 heterocycles. The zero-order valence-electron chi connectivity index (χ0n) is 9.66. The van der Waals surface area contributed by atoms with Crippen molar-refractivity contribution in [3.8, 4) is 17.4 Å². The van der Waals surface area contributed by atoms with Crippen molar-refractivity contribution < 1.29 is 9.47 Å². The highest BCUT2D eigenvalue weighted by Gasteiger charge is 2.07. The highest BCUT2D eigenvalue weighted by atomic mass is 32.1. The maximum atomic E-state index is 5.77. The van der Waals surface area contributed by atoms with Gasteiger partial charge in [-0.3, -0.25) is 0 Å². The summed E-state index contributed by atoms with van der Waals surface area (Å²) in [6.07, 6.45) is 1.51. The van der Waals surface area contributed by atoms with Crippen molar-refractivity contribution in [2.24, 2.45) is 0 Å². The Hall–Kier alpha value is -2.14. The highest BCUT2D eigenvalue weighted by molar-refractivity contribution is 7.16. The lowest BCUT2D eigenvalue weighted by molar-refractivity contribution is 0.408. The molecule has 0 saturated carbocycles. The Morgan fingerprint density at radius 1 is 1.11 bits per heavy atom. The van der Waals surface area contributed by atoms with E-state index in [2.05, 4.69) is 9.97 Å². The van der Waals surface area contributed by atoms with E-state index in [9.17, 15) is 0 Å². The van der Waals surface area contributed by atoms with E-state index in [1.807, 2.05) is 35.7 Å². The van der Waals surface area contributed by atoms with Crippen molar-refractivity contribution in [2.75, 3.05) is 7.11 Å². The number of aromatic nitrogens is 2. The van der Waals surface area contributed by atoms with Crippen molar-refractivity contribution in [3.05, 3.63) is 42.0 Å². The van der Waals surface area contributed by atoms with Crippen molar-refractivity contribution in [2.45, 2.75) is 0 Å². The van der Waals surface area contributed by atoms with Crippen LogP contribution in [0.1, 0.15) is 0 Å². The molecule has 0 amide bonds. The second kappa shape index (κ2) is 4.62. The van der Waals surface area contributed by atoms with Gasteiger partial charge in [0.15, 0.2) is 0 Å². The minimum absolute atomic E-state index is 0.564. The molecule has 0 radical (unpaired) electrons. The molecule has 0 saturated heterocycles. The number of nitrogens with zero attached hydrogens (tertiary/aromatic N) is 2. The molecular weight excluding hydrogens is 248 g/mol. The van der Waals surface area contributed by atoms with Crippen molar-refractivity contribution >= 4 is 21.6 Å². The molecular formula is C13H10N2O2S. The standard InChI is InChI=1S/C13H10N2O2S/c1-16-9-3-2-4-10(7-9)17-12-11-5-6-18-13(11)15-8-14-12/h2-8H,1H3. The zero-order chi connectivity index (χ0) is 12.4. The minimum atomic E-state index is 0.564. The third-order valence-electron chi connectivity index (χ3n) is 2.48. The summed E-state index contributed by atoms with van der Waals surface area (Å²) < 4.78 is 10.9. The van der Waals surface area contributed by atoms with Gasteiger partial charge < -0.3 is 9.47 Å². The van der Waals surface area contributed by atoms with Crippen LogP contribution in [0.2, 0.25) is 0 Å². The number of methoxy groups -OCH3 is 1. The summed E-state index contributed by atoms with van der Waals surface area (Å²) in [5, 5.41) is 2.89. The first kappa shape index (κ1) is 11.0. The Balaban J connectivity index is 1.98. The molecule has 90 valence electrons. The highest BCUT2D eigenvalue weighted by Crippen LogP contribution is 2.30. The van der Waals surface area contributed by atoms with Crippen LogP contribution >= 0.6 is 11.3 Å². The van der Waals surface area contributed by atoms with Crippen LogP contribution in [0.3, 0.4) is 0 Å². The molecule has 2 aromatic heterocycles. The van der Waals surface area contributed by atoms with Gasteiger partial charge in [-0.05, 0) is 23.6 Å². The largest absolute Gasteiger partial charge is 0.497 e. The maximum absolute atomic E-state index is 5.77. The lowest BCUT2D eigenvalue weighted by Crippen LogP contribution is -1.90. The van der Waals surface area contributed by atoms with Crippen LogP contribution in [0.25, 0.3) is 10.2 Å². The first-order chi connectivity index (χ1) is 8.86. The van der Waals surface area contributed by atoms with Gasteiger partial charge >= 0.3 is 0 Å². The molecule has 0 atom stereocenters. The Kier molecular flexibility index (Phi) is 2.82. The second-order valence-electron chi connectivity index (χ2n) is 3.60. The van der Waals surface area contributed by atoms with Crippen molar-refractivity contribution in [1.29, 1.82) is 0 Å². The Morgan fingerprint density at radius 2 is 2.00 bits per heavy atom. The molecule has 18 heavy (non-hydrogen) atoms. The van der Waals surface area contributed by atoms with Gasteiger partial charge in [-0.2, -0.15) is 0 Å². The first-order valence-corrected chi connectivity index (χ1v) is 6.25. The van der Waals surface area contributed by atoms with Crippen LogP contribution in [-0.2, 0) is 0 Å². The summed E-state index contributed by atoms with van der Waals surface area (Å²) >= 11 is 1.56. The lowest BCUT2D eigenvalue weighted by Gasteiger charge is -2.06. The van der Waals surface area contributed by atoms with Gasteiger partial charge in [0, 0.05) is 6.07 Å². The van der Waals surface area contributed by atoms with E-state index in [0.717, 1.165) is 16.0 Å². The summed E-state index contributed by atoms with van der Waals surface area (Å²) in [7, 11) is 1.63. The minimum Gasteiger partial charge on any atom is -0.497 e. The third kappa shape index (κ3) is 2.00. The van der Waals surface area contributed by atoms with Gasteiger partial charge in [0.1, 0.15) is 22.7 Å². The fraction of sp³-hybridized carbons (Fsp3) is 0.0769. The first-order valence-electron chi connectivity index (χ1n) is 5.37. The van der Waals surface area contributed by atoms with Gasteiger partial charge in [0.2, 0.25) is 5.88 Å². The van der Waals surface area contributed by atoms with Crippen LogP contribution in [0.5, 0.6) is 17.4 Å². The monoisotopic (exact) mass is 258 g/mol. The van der Waals surface area contributed by atoms with Crippen LogP contribution in [0.4, 0.5) is 0 Å². The second-order valence-corrected chi connectivity index (χ2v) is 4.49. The van der Waals surface area contributed by atoms with E-state index in [0.29, 0.717) is 11.6 Å². The molecule has 0 N–H and O–H groups in total. The molecule has 0 aliphatic heterocycles. The SMILES string of the molecule is COc1cccc(Oc2ncnc3sccc23)c1. The van der Waals surface area contributed by atoms with E-state index < -0.39 is 0 Å². The van der Waals surface area contributed by atoms with Crippen molar-refractivity contribution in [3.63, 3.8) is 0 Å². The average molecular weight is 258 g/mol. The summed E-state index contributed by atoms with van der Waals surface area (Å²) in [5.41, 5.74) is 0. The molecule has 5 heteroatoms. The molecule has 0 unspecified atom stereocenters. The molecule has 3 aromatic rings. The summed E-state index contributed by atoms with van der Waals surface area (Å²) in [5.74, 6) is 2.01. The molecule has 1 aromatic carbocycles. The van der Waals surface area contributed by atoms with Gasteiger partial charge in [-0.15, -0.1) is 11.3 Å². The number of rotatable bonds is 3. The number of hydrogen-bond donors (Lipinski definition) is 0. The van der Waals surface area contributed by atoms with Crippen LogP contribution < -0.4 is 9.47 Å². The van der Waals surface area contributed by atoms with E-state index in [1.165, 1.54) is 6.33 Å². The number of benzene rings is 1. The van der Waals surface area contributed by atoms with E-state index in [1.54, 1.807) is 18.4 Å². The van der Waals surface area contributed by atoms with Gasteiger partial charge in [0.25, 0.3) is 0 Å². The summed E-state index contributed by atoms with van der Waals surface area (Å²) in [4.78, 5) is 9.26. The smallest absolute Gasteiger partial charge is 0.231 e. The Labute approximate surface area is 108 Å². The Morgan fingerprint density at radius 3 is 2.89 bits per heavy atom. The molecule has 0 bridgehead atoms. The van der Waals surface area contributed by atoms with Gasteiger partial charge in [0.05, 0.1) is 12.5 Å². The lowest BCUT2D eigenvalue weighted by atomic mass is 10.3. The summed E-state index contributed by atoms with van der Waals surface area (Å²) in [6.45, 7) is 0.